The van der Waals surface area contributed by atoms with Crippen LogP contribution in [0, 0.1) is 0 Å². The predicted molar refractivity (Wildman–Crippen MR) is 71.0 cm³/mol. The van der Waals surface area contributed by atoms with E-state index < -0.39 is 0 Å². The lowest BCUT2D eigenvalue weighted by atomic mass is 10.3. The van der Waals surface area contributed by atoms with Crippen LogP contribution in [0.3, 0.4) is 0 Å². The number of carbonyl (C=O) groups is 1. The Hall–Kier alpha value is -0.870. The van der Waals surface area contributed by atoms with Crippen LogP contribution in [-0.2, 0) is 9.53 Å². The minimum Gasteiger partial charge on any atom is -0.463 e. The van der Waals surface area contributed by atoms with E-state index in [1.807, 2.05) is 0 Å². The molecule has 0 aliphatic rings. The first kappa shape index (κ1) is 16.1. The Bertz CT molecular complexity index is 225. The van der Waals surface area contributed by atoms with Crippen molar-refractivity contribution in [3.8, 4) is 0 Å². The minimum atomic E-state index is -0.302. The summed E-state index contributed by atoms with van der Waals surface area (Å²) in [5, 5.41) is 3.20. The van der Waals surface area contributed by atoms with Gasteiger partial charge >= 0.3 is 5.97 Å². The smallest absolute Gasteiger partial charge is 0.334 e. The normalized spacial score (nSPS) is 10.6. The molecule has 0 aliphatic carbocycles. The van der Waals surface area contributed by atoms with Crippen LogP contribution in [0.2, 0.25) is 0 Å². The van der Waals surface area contributed by atoms with E-state index in [4.69, 9.17) is 4.74 Å². The largest absolute Gasteiger partial charge is 0.463 e. The van der Waals surface area contributed by atoms with E-state index in [9.17, 15) is 4.79 Å². The third-order valence-electron chi connectivity index (χ3n) is 2.62. The van der Waals surface area contributed by atoms with Gasteiger partial charge in [-0.3, -0.25) is 0 Å². The third-order valence-corrected chi connectivity index (χ3v) is 2.62. The van der Waals surface area contributed by atoms with Crippen molar-refractivity contribution in [3.05, 3.63) is 12.2 Å². The van der Waals surface area contributed by atoms with Gasteiger partial charge in [0.05, 0.1) is 6.61 Å². The highest BCUT2D eigenvalue weighted by molar-refractivity contribution is 5.88. The lowest BCUT2D eigenvalue weighted by Crippen LogP contribution is -2.28. The second-order valence-corrected chi connectivity index (χ2v) is 3.88. The molecule has 0 aromatic rings. The fourth-order valence-electron chi connectivity index (χ4n) is 1.51. The summed E-state index contributed by atoms with van der Waals surface area (Å²) in [5.41, 5.74) is 0.495. The number of esters is 1. The number of rotatable bonds is 10. The molecule has 0 saturated carbocycles. The highest BCUT2D eigenvalue weighted by atomic mass is 16.5. The maximum absolute atomic E-state index is 11.2. The fraction of sp³-hybridized carbons (Fsp3) is 0.769. The Morgan fingerprint density at radius 1 is 1.29 bits per heavy atom. The molecule has 0 aromatic carbocycles. The molecule has 0 aromatic heterocycles. The topological polar surface area (TPSA) is 41.6 Å². The molecule has 0 unspecified atom stereocenters. The standard InChI is InChI=1S/C13H26N2O2/c1-5-15(6-2)10-8-9-14-11-12(4)13(16)17-7-3/h14H,4-11H2,1-3H3. The molecule has 4 heteroatoms. The zero-order valence-corrected chi connectivity index (χ0v) is 11.4. The molecule has 0 bridgehead atoms. The summed E-state index contributed by atoms with van der Waals surface area (Å²) in [6.45, 7) is 14.9. The molecule has 0 saturated heterocycles. The zero-order valence-electron chi connectivity index (χ0n) is 11.4. The van der Waals surface area contributed by atoms with Crippen molar-refractivity contribution in [2.45, 2.75) is 27.2 Å². The molecule has 0 aliphatic heterocycles. The van der Waals surface area contributed by atoms with Crippen LogP contribution >= 0.6 is 0 Å². The summed E-state index contributed by atoms with van der Waals surface area (Å²) in [6.07, 6.45) is 1.08. The van der Waals surface area contributed by atoms with Crippen LogP contribution in [0.1, 0.15) is 27.2 Å². The fourth-order valence-corrected chi connectivity index (χ4v) is 1.51. The van der Waals surface area contributed by atoms with Crippen molar-refractivity contribution >= 4 is 5.97 Å². The van der Waals surface area contributed by atoms with E-state index in [1.54, 1.807) is 6.92 Å². The average Bonchev–Trinajstić information content (AvgIpc) is 2.33. The Balaban J connectivity index is 3.51. The number of carbonyl (C=O) groups excluding carboxylic acids is 1. The Morgan fingerprint density at radius 2 is 1.94 bits per heavy atom. The van der Waals surface area contributed by atoms with E-state index in [-0.39, 0.29) is 5.97 Å². The van der Waals surface area contributed by atoms with Crippen molar-refractivity contribution in [1.29, 1.82) is 0 Å². The highest BCUT2D eigenvalue weighted by Gasteiger charge is 2.06. The summed E-state index contributed by atoms with van der Waals surface area (Å²) >= 11 is 0. The predicted octanol–water partition coefficient (Wildman–Crippen LogP) is 1.43. The van der Waals surface area contributed by atoms with E-state index in [1.165, 1.54) is 0 Å². The highest BCUT2D eigenvalue weighted by Crippen LogP contribution is 1.93. The molecular weight excluding hydrogens is 216 g/mol. The first-order valence-electron chi connectivity index (χ1n) is 6.43. The van der Waals surface area contributed by atoms with Crippen molar-refractivity contribution in [1.82, 2.24) is 10.2 Å². The number of nitrogens with zero attached hydrogens (tertiary/aromatic N) is 1. The van der Waals surface area contributed by atoms with Crippen LogP contribution < -0.4 is 5.32 Å². The van der Waals surface area contributed by atoms with Crippen molar-refractivity contribution in [2.24, 2.45) is 0 Å². The summed E-state index contributed by atoms with van der Waals surface area (Å²) in [6, 6.07) is 0. The molecule has 0 spiro atoms. The average molecular weight is 242 g/mol. The maximum atomic E-state index is 11.2. The van der Waals surface area contributed by atoms with Crippen LogP contribution in [-0.4, -0.2) is 50.2 Å². The monoisotopic (exact) mass is 242 g/mol. The van der Waals surface area contributed by atoms with E-state index >= 15 is 0 Å². The first-order valence-corrected chi connectivity index (χ1v) is 6.43. The van der Waals surface area contributed by atoms with Gasteiger partial charge in [0.15, 0.2) is 0 Å². The van der Waals surface area contributed by atoms with Crippen molar-refractivity contribution in [3.63, 3.8) is 0 Å². The molecule has 1 N–H and O–H groups in total. The second kappa shape index (κ2) is 10.3. The lowest BCUT2D eigenvalue weighted by molar-refractivity contribution is -0.138. The molecule has 4 nitrogen and oxygen atoms in total. The van der Waals surface area contributed by atoms with Gasteiger partial charge in [-0.25, -0.2) is 4.79 Å². The summed E-state index contributed by atoms with van der Waals surface area (Å²) in [5.74, 6) is -0.302. The van der Waals surface area contributed by atoms with Crippen LogP contribution in [0.15, 0.2) is 12.2 Å². The number of hydrogen-bond donors (Lipinski definition) is 1. The molecule has 100 valence electrons. The zero-order chi connectivity index (χ0) is 13.1. The van der Waals surface area contributed by atoms with Crippen LogP contribution in [0.4, 0.5) is 0 Å². The van der Waals surface area contributed by atoms with Gasteiger partial charge < -0.3 is 15.0 Å². The van der Waals surface area contributed by atoms with Gasteiger partial charge in [-0.15, -0.1) is 0 Å². The van der Waals surface area contributed by atoms with Crippen molar-refractivity contribution in [2.75, 3.05) is 39.3 Å². The Kier molecular flexibility index (Phi) is 9.77. The van der Waals surface area contributed by atoms with E-state index in [0.29, 0.717) is 18.7 Å². The van der Waals surface area contributed by atoms with E-state index in [2.05, 4.69) is 30.6 Å². The lowest BCUT2D eigenvalue weighted by Gasteiger charge is -2.17. The summed E-state index contributed by atoms with van der Waals surface area (Å²) in [4.78, 5) is 13.6. The van der Waals surface area contributed by atoms with Gasteiger partial charge in [0.1, 0.15) is 0 Å². The summed E-state index contributed by atoms with van der Waals surface area (Å²) in [7, 11) is 0. The molecule has 17 heavy (non-hydrogen) atoms. The van der Waals surface area contributed by atoms with E-state index in [0.717, 1.165) is 32.6 Å². The van der Waals surface area contributed by atoms with Gasteiger partial charge in [0.25, 0.3) is 0 Å². The van der Waals surface area contributed by atoms with Gasteiger partial charge in [-0.1, -0.05) is 20.4 Å². The Morgan fingerprint density at radius 3 is 2.47 bits per heavy atom. The molecule has 0 heterocycles. The number of nitrogens with one attached hydrogen (secondary N) is 1. The third kappa shape index (κ3) is 7.94. The first-order chi connectivity index (χ1) is 8.15. The number of hydrogen-bond acceptors (Lipinski definition) is 4. The van der Waals surface area contributed by atoms with Crippen LogP contribution in [0.5, 0.6) is 0 Å². The van der Waals surface area contributed by atoms with Gasteiger partial charge in [0, 0.05) is 12.1 Å². The maximum Gasteiger partial charge on any atom is 0.334 e. The molecule has 0 atom stereocenters. The molecule has 0 fully saturated rings. The summed E-state index contributed by atoms with van der Waals surface area (Å²) < 4.78 is 4.85. The van der Waals surface area contributed by atoms with Crippen molar-refractivity contribution < 1.29 is 9.53 Å². The van der Waals surface area contributed by atoms with Gasteiger partial charge in [-0.05, 0) is 39.5 Å². The molecule has 0 radical (unpaired) electrons. The second-order valence-electron chi connectivity index (χ2n) is 3.88. The quantitative estimate of drug-likeness (QED) is 0.357. The SMILES string of the molecule is C=C(CNCCCN(CC)CC)C(=O)OCC. The Labute approximate surface area is 105 Å². The van der Waals surface area contributed by atoms with Gasteiger partial charge in [-0.2, -0.15) is 0 Å². The molecular formula is C13H26N2O2. The van der Waals surface area contributed by atoms with Gasteiger partial charge in [0.2, 0.25) is 0 Å². The van der Waals surface area contributed by atoms with Crippen LogP contribution in [0.25, 0.3) is 0 Å². The molecule has 0 rings (SSSR count). The molecule has 0 amide bonds. The number of ether oxygens (including phenoxy) is 1. The minimum absolute atomic E-state index is 0.302.